The van der Waals surface area contributed by atoms with Crippen molar-refractivity contribution in [3.63, 3.8) is 0 Å². The second-order valence-electron chi connectivity index (χ2n) is 2.13. The maximum Gasteiger partial charge on any atom is 0.255 e. The number of hydrogen-bond donors (Lipinski definition) is 0. The minimum Gasteiger partial charge on any atom is -0.275 e. The molecule has 64 valence electrons. The van der Waals surface area contributed by atoms with Gasteiger partial charge in [-0.3, -0.25) is 4.79 Å². The van der Waals surface area contributed by atoms with Crippen molar-refractivity contribution in [3.05, 3.63) is 22.7 Å². The second-order valence-corrected chi connectivity index (χ2v) is 2.81. The Balaban J connectivity index is 3.20. The average Bonchev–Trinajstić information content (AvgIpc) is 2.03. The minimum atomic E-state index is -0.552. The predicted molar refractivity (Wildman–Crippen MR) is 46.6 cm³/mol. The first-order valence-corrected chi connectivity index (χ1v) is 4.12. The number of carbonyl (C=O) groups excluding carboxylic acids is 1. The fourth-order valence-corrected chi connectivity index (χ4v) is 1.14. The van der Waals surface area contributed by atoms with Gasteiger partial charge in [-0.25, -0.2) is 9.97 Å². The lowest BCUT2D eigenvalue weighted by molar-refractivity contribution is 0.108. The Morgan fingerprint density at radius 1 is 1.67 bits per heavy atom. The molecule has 0 aromatic carbocycles. The molecule has 0 saturated carbocycles. The Morgan fingerprint density at radius 2 is 2.33 bits per heavy atom. The highest BCUT2D eigenvalue weighted by atomic mass is 35.5. The number of nitrogens with zero attached hydrogens (tertiary/aromatic N) is 2. The third-order valence-electron chi connectivity index (χ3n) is 1.38. The van der Waals surface area contributed by atoms with Gasteiger partial charge in [-0.15, -0.1) is 0 Å². The largest absolute Gasteiger partial charge is 0.275 e. The lowest BCUT2D eigenvalue weighted by Gasteiger charge is -2.00. The fraction of sp³-hybridized carbons (Fsp3) is 0.286. The van der Waals surface area contributed by atoms with E-state index in [0.29, 0.717) is 17.7 Å². The van der Waals surface area contributed by atoms with E-state index in [0.717, 1.165) is 0 Å². The summed E-state index contributed by atoms with van der Waals surface area (Å²) in [4.78, 5) is 18.3. The molecule has 0 aliphatic rings. The van der Waals surface area contributed by atoms with Gasteiger partial charge in [0.05, 0.1) is 11.3 Å². The van der Waals surface area contributed by atoms with Gasteiger partial charge in [-0.05, 0) is 29.6 Å². The van der Waals surface area contributed by atoms with Gasteiger partial charge in [0.15, 0.2) is 0 Å². The van der Waals surface area contributed by atoms with Crippen molar-refractivity contribution in [1.82, 2.24) is 9.97 Å². The van der Waals surface area contributed by atoms with Crippen molar-refractivity contribution in [2.24, 2.45) is 0 Å². The zero-order valence-electron chi connectivity index (χ0n) is 6.34. The molecule has 5 heteroatoms. The summed E-state index contributed by atoms with van der Waals surface area (Å²) in [5, 5.41) is -0.419. The number of aryl methyl sites for hydroxylation is 1. The van der Waals surface area contributed by atoms with E-state index in [4.69, 9.17) is 23.2 Å². The molecule has 0 spiro atoms. The Labute approximate surface area is 79.7 Å². The number of hydrogen-bond acceptors (Lipinski definition) is 3. The topological polar surface area (TPSA) is 42.9 Å². The predicted octanol–water partition coefficient (Wildman–Crippen LogP) is 2.07. The summed E-state index contributed by atoms with van der Waals surface area (Å²) in [7, 11) is 0. The minimum absolute atomic E-state index is 0.133. The molecular weight excluding hydrogens is 199 g/mol. The molecule has 0 fully saturated rings. The first kappa shape index (κ1) is 9.42. The van der Waals surface area contributed by atoms with Crippen LogP contribution in [0.15, 0.2) is 6.20 Å². The van der Waals surface area contributed by atoms with Crippen molar-refractivity contribution in [2.75, 3.05) is 0 Å². The maximum atomic E-state index is 10.8. The monoisotopic (exact) mass is 204 g/mol. The summed E-state index contributed by atoms with van der Waals surface area (Å²) >= 11 is 10.8. The third kappa shape index (κ3) is 1.93. The van der Waals surface area contributed by atoms with Crippen LogP contribution in [-0.2, 0) is 6.42 Å². The summed E-state index contributed by atoms with van der Waals surface area (Å²) in [6.07, 6.45) is 1.94. The van der Waals surface area contributed by atoms with Crippen LogP contribution in [0.5, 0.6) is 0 Å². The number of carbonyl (C=O) groups is 1. The molecule has 0 saturated heterocycles. The second kappa shape index (κ2) is 3.83. The van der Waals surface area contributed by atoms with Crippen molar-refractivity contribution in [3.8, 4) is 0 Å². The molecule has 0 N–H and O–H groups in total. The first-order chi connectivity index (χ1) is 5.65. The third-order valence-corrected chi connectivity index (χ3v) is 1.77. The van der Waals surface area contributed by atoms with Crippen molar-refractivity contribution >= 4 is 28.4 Å². The standard InChI is InChI=1S/C7H6Cl2N2O/c1-2-5-4(6(8)12)3-10-7(9)11-5/h3H,2H2,1H3. The smallest absolute Gasteiger partial charge is 0.255 e. The highest BCUT2D eigenvalue weighted by molar-refractivity contribution is 6.67. The fourth-order valence-electron chi connectivity index (χ4n) is 0.826. The Hall–Kier alpha value is -0.670. The zero-order valence-corrected chi connectivity index (χ0v) is 7.85. The highest BCUT2D eigenvalue weighted by Gasteiger charge is 2.09. The van der Waals surface area contributed by atoms with Crippen LogP contribution in [0.3, 0.4) is 0 Å². The summed E-state index contributed by atoms with van der Waals surface area (Å²) in [6.45, 7) is 1.86. The molecule has 1 aromatic heterocycles. The van der Waals surface area contributed by atoms with Crippen LogP contribution in [-0.4, -0.2) is 15.2 Å². The normalized spacial score (nSPS) is 9.92. The quantitative estimate of drug-likeness (QED) is 0.548. The first-order valence-electron chi connectivity index (χ1n) is 3.36. The van der Waals surface area contributed by atoms with Crippen LogP contribution < -0.4 is 0 Å². The molecule has 1 heterocycles. The van der Waals surface area contributed by atoms with Crippen LogP contribution in [0.1, 0.15) is 23.0 Å². The van der Waals surface area contributed by atoms with E-state index in [1.807, 2.05) is 6.92 Å². The molecule has 0 amide bonds. The van der Waals surface area contributed by atoms with E-state index in [-0.39, 0.29) is 5.28 Å². The van der Waals surface area contributed by atoms with Crippen LogP contribution in [0.2, 0.25) is 5.28 Å². The molecule has 0 bridgehead atoms. The lowest BCUT2D eigenvalue weighted by Crippen LogP contribution is -2.01. The molecule has 0 atom stereocenters. The summed E-state index contributed by atoms with van der Waals surface area (Å²) in [5.74, 6) is 0. The van der Waals surface area contributed by atoms with Crippen molar-refractivity contribution in [1.29, 1.82) is 0 Å². The Kier molecular flexibility index (Phi) is 3.00. The van der Waals surface area contributed by atoms with Gasteiger partial charge in [0.25, 0.3) is 5.24 Å². The summed E-state index contributed by atoms with van der Waals surface area (Å²) in [6, 6.07) is 0. The van der Waals surface area contributed by atoms with Crippen LogP contribution in [0.25, 0.3) is 0 Å². The molecule has 12 heavy (non-hydrogen) atoms. The van der Waals surface area contributed by atoms with E-state index in [9.17, 15) is 4.79 Å². The van der Waals surface area contributed by atoms with Crippen LogP contribution >= 0.6 is 23.2 Å². The van der Waals surface area contributed by atoms with E-state index in [1.54, 1.807) is 0 Å². The maximum absolute atomic E-state index is 10.8. The highest BCUT2D eigenvalue weighted by Crippen LogP contribution is 2.11. The van der Waals surface area contributed by atoms with Crippen molar-refractivity contribution < 1.29 is 4.79 Å². The van der Waals surface area contributed by atoms with Crippen LogP contribution in [0.4, 0.5) is 0 Å². The molecule has 1 rings (SSSR count). The van der Waals surface area contributed by atoms with E-state index in [1.165, 1.54) is 6.20 Å². The lowest BCUT2D eigenvalue weighted by atomic mass is 10.2. The molecular formula is C7H6Cl2N2O. The van der Waals surface area contributed by atoms with Crippen LogP contribution in [0, 0.1) is 0 Å². The molecule has 1 aromatic rings. The summed E-state index contributed by atoms with van der Waals surface area (Å²) < 4.78 is 0. The van der Waals surface area contributed by atoms with Gasteiger partial charge in [-0.1, -0.05) is 6.92 Å². The van der Waals surface area contributed by atoms with Crippen molar-refractivity contribution in [2.45, 2.75) is 13.3 Å². The zero-order chi connectivity index (χ0) is 9.14. The van der Waals surface area contributed by atoms with Gasteiger partial charge in [0.2, 0.25) is 5.28 Å². The number of rotatable bonds is 2. The molecule has 0 unspecified atom stereocenters. The van der Waals surface area contributed by atoms with Gasteiger partial charge in [0, 0.05) is 6.20 Å². The van der Waals surface area contributed by atoms with Gasteiger partial charge in [-0.2, -0.15) is 0 Å². The molecule has 0 aliphatic heterocycles. The van der Waals surface area contributed by atoms with Gasteiger partial charge < -0.3 is 0 Å². The van der Waals surface area contributed by atoms with E-state index < -0.39 is 5.24 Å². The van der Waals surface area contributed by atoms with E-state index >= 15 is 0 Å². The number of aromatic nitrogens is 2. The van der Waals surface area contributed by atoms with E-state index in [2.05, 4.69) is 9.97 Å². The molecule has 0 aliphatic carbocycles. The Morgan fingerprint density at radius 3 is 2.83 bits per heavy atom. The average molecular weight is 205 g/mol. The van der Waals surface area contributed by atoms with Gasteiger partial charge in [0.1, 0.15) is 0 Å². The number of halogens is 2. The molecule has 0 radical (unpaired) electrons. The molecule has 3 nitrogen and oxygen atoms in total. The Bertz CT molecular complexity index is 314. The van der Waals surface area contributed by atoms with Gasteiger partial charge >= 0.3 is 0 Å². The SMILES string of the molecule is CCc1nc(Cl)ncc1C(=O)Cl. The summed E-state index contributed by atoms with van der Waals surface area (Å²) in [5.41, 5.74) is 0.901.